The molecule has 0 saturated carbocycles. The molecule has 0 unspecified atom stereocenters. The zero-order chi connectivity index (χ0) is 14.8. The Balaban J connectivity index is 2.18. The molecule has 0 amide bonds. The number of nitrogens with two attached hydrogens (primary N) is 1. The third-order valence-corrected chi connectivity index (χ3v) is 5.15. The van der Waals surface area contributed by atoms with E-state index in [4.69, 9.17) is 5.73 Å². The van der Waals surface area contributed by atoms with Crippen molar-refractivity contribution in [1.82, 2.24) is 0 Å². The van der Waals surface area contributed by atoms with E-state index in [1.54, 1.807) is 0 Å². The summed E-state index contributed by atoms with van der Waals surface area (Å²) in [6.07, 6.45) is 0. The van der Waals surface area contributed by atoms with E-state index in [0.29, 0.717) is 0 Å². The number of halogens is 2. The summed E-state index contributed by atoms with van der Waals surface area (Å²) >= 11 is 4.61. The molecule has 106 valence electrons. The second kappa shape index (κ2) is 6.51. The van der Waals surface area contributed by atoms with E-state index in [0.717, 1.165) is 25.1 Å². The molecule has 0 aliphatic carbocycles. The van der Waals surface area contributed by atoms with Gasteiger partial charge in [-0.15, -0.1) is 0 Å². The van der Waals surface area contributed by atoms with E-state index in [1.807, 2.05) is 18.2 Å². The first kappa shape index (κ1) is 15.9. The first-order chi connectivity index (χ1) is 9.40. The van der Waals surface area contributed by atoms with Crippen LogP contribution in [0, 0.1) is 7.14 Å². The fourth-order valence-corrected chi connectivity index (χ4v) is 3.72. The van der Waals surface area contributed by atoms with Crippen molar-refractivity contribution in [2.45, 2.75) is 19.3 Å². The Morgan fingerprint density at radius 1 is 1.05 bits per heavy atom. The van der Waals surface area contributed by atoms with Crippen molar-refractivity contribution in [2.75, 3.05) is 17.6 Å². The van der Waals surface area contributed by atoms with Gasteiger partial charge in [-0.3, -0.25) is 0 Å². The van der Waals surface area contributed by atoms with Crippen molar-refractivity contribution >= 4 is 56.6 Å². The molecule has 3 N–H and O–H groups in total. The molecule has 4 heteroatoms. The lowest BCUT2D eigenvalue weighted by Gasteiger charge is -2.27. The molecule has 0 aromatic heterocycles. The van der Waals surface area contributed by atoms with Gasteiger partial charge in [0.2, 0.25) is 0 Å². The Kier molecular flexibility index (Phi) is 5.17. The molecule has 0 radical (unpaired) electrons. The van der Waals surface area contributed by atoms with Crippen molar-refractivity contribution in [2.24, 2.45) is 0 Å². The number of nitrogens with one attached hydrogen (secondary N) is 1. The molecule has 0 spiro atoms. The molecule has 0 heterocycles. The maximum absolute atomic E-state index is 6.03. The lowest BCUT2D eigenvalue weighted by Crippen LogP contribution is -2.28. The molecular formula is C16H18I2N2. The quantitative estimate of drug-likeness (QED) is 0.473. The Bertz CT molecular complexity index is 572. The van der Waals surface area contributed by atoms with Crippen LogP contribution in [0.2, 0.25) is 0 Å². The standard InChI is InChI=1S/C16H18I2N2/c1-16(2,10-20-12-6-4-3-5-7-12)11-8-13(17)15(19)14(18)9-11/h3-9,20H,10,19H2,1-2H3. The Labute approximate surface area is 147 Å². The van der Waals surface area contributed by atoms with Crippen LogP contribution in [-0.4, -0.2) is 6.54 Å². The minimum absolute atomic E-state index is 0.0450. The maximum Gasteiger partial charge on any atom is 0.0585 e. The summed E-state index contributed by atoms with van der Waals surface area (Å²) in [5, 5.41) is 3.50. The van der Waals surface area contributed by atoms with Crippen molar-refractivity contribution in [3.05, 3.63) is 55.2 Å². The highest BCUT2D eigenvalue weighted by Gasteiger charge is 2.22. The van der Waals surface area contributed by atoms with Crippen LogP contribution in [0.3, 0.4) is 0 Å². The van der Waals surface area contributed by atoms with Crippen LogP contribution < -0.4 is 11.1 Å². The highest BCUT2D eigenvalue weighted by Crippen LogP contribution is 2.31. The molecule has 2 nitrogen and oxygen atoms in total. The van der Waals surface area contributed by atoms with Crippen LogP contribution in [0.5, 0.6) is 0 Å². The Morgan fingerprint density at radius 2 is 1.60 bits per heavy atom. The van der Waals surface area contributed by atoms with Crippen LogP contribution in [0.25, 0.3) is 0 Å². The maximum atomic E-state index is 6.03. The zero-order valence-electron chi connectivity index (χ0n) is 11.6. The minimum atomic E-state index is 0.0450. The van der Waals surface area contributed by atoms with Gasteiger partial charge >= 0.3 is 0 Å². The molecular weight excluding hydrogens is 474 g/mol. The second-order valence-corrected chi connectivity index (χ2v) is 7.78. The molecule has 0 fully saturated rings. The molecule has 2 aromatic rings. The monoisotopic (exact) mass is 492 g/mol. The third kappa shape index (κ3) is 3.78. The number of para-hydroxylation sites is 1. The van der Waals surface area contributed by atoms with Gasteiger partial charge in [-0.2, -0.15) is 0 Å². The smallest absolute Gasteiger partial charge is 0.0585 e. The van der Waals surface area contributed by atoms with Crippen molar-refractivity contribution < 1.29 is 0 Å². The predicted molar refractivity (Wildman–Crippen MR) is 104 cm³/mol. The summed E-state index contributed by atoms with van der Waals surface area (Å²) in [4.78, 5) is 0. The van der Waals surface area contributed by atoms with Crippen LogP contribution in [-0.2, 0) is 5.41 Å². The van der Waals surface area contributed by atoms with Gasteiger partial charge in [0.25, 0.3) is 0 Å². The topological polar surface area (TPSA) is 38.0 Å². The minimum Gasteiger partial charge on any atom is -0.397 e. The normalized spacial score (nSPS) is 11.4. The molecule has 0 atom stereocenters. The average molecular weight is 492 g/mol. The first-order valence-electron chi connectivity index (χ1n) is 6.44. The largest absolute Gasteiger partial charge is 0.397 e. The summed E-state index contributed by atoms with van der Waals surface area (Å²) in [6.45, 7) is 5.38. The van der Waals surface area contributed by atoms with Crippen molar-refractivity contribution in [3.63, 3.8) is 0 Å². The average Bonchev–Trinajstić information content (AvgIpc) is 2.43. The van der Waals surface area contributed by atoms with E-state index in [1.165, 1.54) is 5.56 Å². The molecule has 0 bridgehead atoms. The number of rotatable bonds is 4. The lowest BCUT2D eigenvalue weighted by atomic mass is 9.84. The highest BCUT2D eigenvalue weighted by atomic mass is 127. The van der Waals surface area contributed by atoms with E-state index >= 15 is 0 Å². The summed E-state index contributed by atoms with van der Waals surface area (Å²) in [6, 6.07) is 14.7. The zero-order valence-corrected chi connectivity index (χ0v) is 15.9. The van der Waals surface area contributed by atoms with Gasteiger partial charge in [-0.1, -0.05) is 32.0 Å². The second-order valence-electron chi connectivity index (χ2n) is 5.46. The van der Waals surface area contributed by atoms with Gasteiger partial charge in [0, 0.05) is 24.8 Å². The Hall–Kier alpha value is -0.500. The third-order valence-electron chi connectivity index (χ3n) is 3.37. The fourth-order valence-electron chi connectivity index (χ4n) is 1.96. The van der Waals surface area contributed by atoms with Crippen LogP contribution in [0.4, 0.5) is 11.4 Å². The first-order valence-corrected chi connectivity index (χ1v) is 8.60. The molecule has 20 heavy (non-hydrogen) atoms. The number of hydrogen-bond donors (Lipinski definition) is 2. The van der Waals surface area contributed by atoms with E-state index in [-0.39, 0.29) is 5.41 Å². The van der Waals surface area contributed by atoms with Gasteiger partial charge in [0.15, 0.2) is 0 Å². The summed E-state index contributed by atoms with van der Waals surface area (Å²) in [5.74, 6) is 0. The highest BCUT2D eigenvalue weighted by molar-refractivity contribution is 14.1. The molecule has 2 rings (SSSR count). The summed E-state index contributed by atoms with van der Waals surface area (Å²) in [5.41, 5.74) is 9.41. The fraction of sp³-hybridized carbons (Fsp3) is 0.250. The van der Waals surface area contributed by atoms with Gasteiger partial charge in [0.1, 0.15) is 0 Å². The number of anilines is 2. The SMILES string of the molecule is CC(C)(CNc1ccccc1)c1cc(I)c(N)c(I)c1. The predicted octanol–water partition coefficient (Wildman–Crippen LogP) is 4.87. The van der Waals surface area contributed by atoms with Gasteiger partial charge in [-0.25, -0.2) is 0 Å². The number of benzene rings is 2. The van der Waals surface area contributed by atoms with Crippen LogP contribution >= 0.6 is 45.2 Å². The number of hydrogen-bond acceptors (Lipinski definition) is 2. The number of nitrogen functional groups attached to an aromatic ring is 1. The van der Waals surface area contributed by atoms with Gasteiger partial charge in [-0.05, 0) is 75.0 Å². The molecule has 2 aromatic carbocycles. The molecule has 0 aliphatic heterocycles. The molecule has 0 saturated heterocycles. The van der Waals surface area contributed by atoms with Crippen molar-refractivity contribution in [3.8, 4) is 0 Å². The lowest BCUT2D eigenvalue weighted by molar-refractivity contribution is 0.556. The van der Waals surface area contributed by atoms with E-state index < -0.39 is 0 Å². The van der Waals surface area contributed by atoms with Crippen LogP contribution in [0.15, 0.2) is 42.5 Å². The van der Waals surface area contributed by atoms with Gasteiger partial charge in [0.05, 0.1) is 5.69 Å². The van der Waals surface area contributed by atoms with Crippen molar-refractivity contribution in [1.29, 1.82) is 0 Å². The van der Waals surface area contributed by atoms with E-state index in [2.05, 4.69) is 88.6 Å². The summed E-state index contributed by atoms with van der Waals surface area (Å²) < 4.78 is 2.24. The molecule has 0 aliphatic rings. The van der Waals surface area contributed by atoms with Gasteiger partial charge < -0.3 is 11.1 Å². The van der Waals surface area contributed by atoms with Crippen LogP contribution in [0.1, 0.15) is 19.4 Å². The Morgan fingerprint density at radius 3 is 2.15 bits per heavy atom. The van der Waals surface area contributed by atoms with E-state index in [9.17, 15) is 0 Å². The summed E-state index contributed by atoms with van der Waals surface area (Å²) in [7, 11) is 0.